The van der Waals surface area contributed by atoms with Gasteiger partial charge in [-0.05, 0) is 42.9 Å². The second-order valence-corrected chi connectivity index (χ2v) is 6.66. The number of halogens is 1. The highest BCUT2D eigenvalue weighted by Gasteiger charge is 2.45. The quantitative estimate of drug-likeness (QED) is 0.853. The standard InChI is InChI=1S/C14H20ClN5/c1-19-7-16-11-13(19)17-12(20(2)14(11)18-15)10-6-8-3-4-9(10)5-8/h7-10,14,18H,3-6H2,1-2H3. The molecule has 3 aliphatic rings. The van der Waals surface area contributed by atoms with E-state index in [1.165, 1.54) is 31.5 Å². The summed E-state index contributed by atoms with van der Waals surface area (Å²) in [5.74, 6) is 4.45. The lowest BCUT2D eigenvalue weighted by Gasteiger charge is -2.37. The van der Waals surface area contributed by atoms with E-state index in [0.29, 0.717) is 5.92 Å². The number of fused-ring (bicyclic) bond motifs is 3. The van der Waals surface area contributed by atoms with Gasteiger partial charge in [-0.15, -0.1) is 0 Å². The summed E-state index contributed by atoms with van der Waals surface area (Å²) < 4.78 is 1.98. The van der Waals surface area contributed by atoms with Crippen molar-refractivity contribution in [1.82, 2.24) is 19.3 Å². The topological polar surface area (TPSA) is 45.5 Å². The smallest absolute Gasteiger partial charge is 0.160 e. The zero-order valence-electron chi connectivity index (χ0n) is 11.9. The molecule has 108 valence electrons. The number of hydrogen-bond acceptors (Lipinski definition) is 4. The van der Waals surface area contributed by atoms with Gasteiger partial charge in [-0.25, -0.2) is 14.8 Å². The molecule has 0 amide bonds. The molecule has 4 atom stereocenters. The van der Waals surface area contributed by atoms with E-state index in [9.17, 15) is 0 Å². The highest BCUT2D eigenvalue weighted by Crippen LogP contribution is 2.50. The first kappa shape index (κ1) is 12.7. The van der Waals surface area contributed by atoms with E-state index in [1.807, 2.05) is 17.9 Å². The van der Waals surface area contributed by atoms with Gasteiger partial charge in [-0.3, -0.25) is 0 Å². The fraction of sp³-hybridized carbons (Fsp3) is 0.714. The number of nitrogens with zero attached hydrogens (tertiary/aromatic N) is 4. The maximum absolute atomic E-state index is 5.97. The molecule has 20 heavy (non-hydrogen) atoms. The molecule has 1 aliphatic heterocycles. The van der Waals surface area contributed by atoms with Crippen molar-refractivity contribution in [3.63, 3.8) is 0 Å². The Bertz CT molecular complexity index is 566. The maximum Gasteiger partial charge on any atom is 0.160 e. The van der Waals surface area contributed by atoms with Crippen molar-refractivity contribution < 1.29 is 0 Å². The van der Waals surface area contributed by atoms with Crippen LogP contribution in [-0.4, -0.2) is 27.3 Å². The summed E-state index contributed by atoms with van der Waals surface area (Å²) >= 11 is 5.97. The molecule has 2 aliphatic carbocycles. The zero-order valence-corrected chi connectivity index (χ0v) is 12.6. The number of aryl methyl sites for hydroxylation is 1. The Hall–Kier alpha value is -1.07. The Morgan fingerprint density at radius 3 is 2.80 bits per heavy atom. The van der Waals surface area contributed by atoms with E-state index in [0.717, 1.165) is 23.3 Å². The number of imidazole rings is 1. The third-order valence-electron chi connectivity index (χ3n) is 5.33. The van der Waals surface area contributed by atoms with Gasteiger partial charge in [-0.2, -0.15) is 0 Å². The number of nitrogens with one attached hydrogen (secondary N) is 1. The average molecular weight is 294 g/mol. The van der Waals surface area contributed by atoms with Gasteiger partial charge >= 0.3 is 0 Å². The van der Waals surface area contributed by atoms with Crippen LogP contribution in [0.1, 0.15) is 37.5 Å². The first-order valence-corrected chi connectivity index (χ1v) is 7.75. The molecule has 0 radical (unpaired) electrons. The summed E-state index contributed by atoms with van der Waals surface area (Å²) in [5, 5.41) is 0. The summed E-state index contributed by atoms with van der Waals surface area (Å²) in [6.45, 7) is 0. The first-order chi connectivity index (χ1) is 9.69. The van der Waals surface area contributed by atoms with Crippen molar-refractivity contribution >= 4 is 23.4 Å². The van der Waals surface area contributed by atoms with Crippen LogP contribution < -0.4 is 4.84 Å². The average Bonchev–Trinajstić information content (AvgIpc) is 3.14. The summed E-state index contributed by atoms with van der Waals surface area (Å²) in [7, 11) is 4.06. The van der Waals surface area contributed by atoms with Crippen LogP contribution >= 0.6 is 11.8 Å². The molecule has 4 rings (SSSR count). The second kappa shape index (κ2) is 4.46. The molecule has 2 bridgehead atoms. The van der Waals surface area contributed by atoms with Gasteiger partial charge in [0, 0.05) is 20.0 Å². The molecule has 2 heterocycles. The van der Waals surface area contributed by atoms with Crippen LogP contribution in [-0.2, 0) is 7.05 Å². The van der Waals surface area contributed by atoms with Gasteiger partial charge in [0.2, 0.25) is 0 Å². The van der Waals surface area contributed by atoms with Gasteiger partial charge in [-0.1, -0.05) is 6.42 Å². The Balaban J connectivity index is 1.75. The number of aromatic nitrogens is 2. The lowest BCUT2D eigenvalue weighted by molar-refractivity contribution is 0.302. The number of hydrogen-bond donors (Lipinski definition) is 1. The maximum atomic E-state index is 5.97. The largest absolute Gasteiger partial charge is 0.341 e. The number of amidine groups is 1. The van der Waals surface area contributed by atoms with E-state index in [4.69, 9.17) is 16.8 Å². The van der Waals surface area contributed by atoms with Crippen LogP contribution in [0.15, 0.2) is 11.3 Å². The third kappa shape index (κ3) is 1.66. The van der Waals surface area contributed by atoms with Crippen molar-refractivity contribution in [2.75, 3.05) is 7.05 Å². The van der Waals surface area contributed by atoms with Gasteiger partial charge < -0.3 is 9.47 Å². The Morgan fingerprint density at radius 2 is 2.15 bits per heavy atom. The van der Waals surface area contributed by atoms with Crippen LogP contribution in [0.4, 0.5) is 5.82 Å². The summed E-state index contributed by atoms with van der Waals surface area (Å²) in [5.41, 5.74) is 0.914. The minimum atomic E-state index is -0.0838. The van der Waals surface area contributed by atoms with Crippen LogP contribution in [0.2, 0.25) is 0 Å². The molecule has 5 nitrogen and oxygen atoms in total. The van der Waals surface area contributed by atoms with Gasteiger partial charge in [0.15, 0.2) is 5.82 Å². The molecule has 4 unspecified atom stereocenters. The highest BCUT2D eigenvalue weighted by molar-refractivity contribution is 6.13. The SMILES string of the molecule is CN1C(C2CC3CCC2C3)=Nc2c(ncn2C)C1NCl. The van der Waals surface area contributed by atoms with Crippen molar-refractivity contribution in [2.24, 2.45) is 29.8 Å². The lowest BCUT2D eigenvalue weighted by Crippen LogP contribution is -2.43. The van der Waals surface area contributed by atoms with E-state index in [2.05, 4.69) is 21.8 Å². The fourth-order valence-corrected chi connectivity index (χ4v) is 4.55. The Kier molecular flexibility index (Phi) is 2.82. The van der Waals surface area contributed by atoms with E-state index < -0.39 is 0 Å². The molecule has 0 aromatic carbocycles. The van der Waals surface area contributed by atoms with Crippen LogP contribution in [0.5, 0.6) is 0 Å². The van der Waals surface area contributed by atoms with Gasteiger partial charge in [0.1, 0.15) is 17.7 Å². The van der Waals surface area contributed by atoms with Crippen LogP contribution in [0.25, 0.3) is 0 Å². The third-order valence-corrected chi connectivity index (χ3v) is 5.54. The molecule has 2 fully saturated rings. The fourth-order valence-electron chi connectivity index (χ4n) is 4.30. The minimum Gasteiger partial charge on any atom is -0.341 e. The Morgan fingerprint density at radius 1 is 1.30 bits per heavy atom. The van der Waals surface area contributed by atoms with E-state index in [-0.39, 0.29) is 6.17 Å². The van der Waals surface area contributed by atoms with Crippen LogP contribution in [0.3, 0.4) is 0 Å². The molecule has 6 heteroatoms. The second-order valence-electron chi connectivity index (χ2n) is 6.44. The van der Waals surface area contributed by atoms with Gasteiger partial charge in [0.05, 0.1) is 6.33 Å². The molecule has 1 aromatic heterocycles. The first-order valence-electron chi connectivity index (χ1n) is 7.37. The van der Waals surface area contributed by atoms with Crippen molar-refractivity contribution in [1.29, 1.82) is 0 Å². The zero-order chi connectivity index (χ0) is 13.9. The summed E-state index contributed by atoms with van der Waals surface area (Å²) in [4.78, 5) is 14.4. The molecule has 1 aromatic rings. The molecular weight excluding hydrogens is 274 g/mol. The predicted molar refractivity (Wildman–Crippen MR) is 78.7 cm³/mol. The minimum absolute atomic E-state index is 0.0838. The number of rotatable bonds is 2. The Labute approximate surface area is 124 Å². The van der Waals surface area contributed by atoms with E-state index >= 15 is 0 Å². The van der Waals surface area contributed by atoms with Gasteiger partial charge in [0.25, 0.3) is 0 Å². The molecule has 1 N–H and O–H groups in total. The molecular formula is C14H20ClN5. The normalized spacial score (nSPS) is 35.4. The van der Waals surface area contributed by atoms with Crippen molar-refractivity contribution in [3.8, 4) is 0 Å². The monoisotopic (exact) mass is 293 g/mol. The highest BCUT2D eigenvalue weighted by atomic mass is 35.5. The number of aliphatic imine (C=N–C) groups is 1. The molecule has 0 saturated heterocycles. The van der Waals surface area contributed by atoms with E-state index in [1.54, 1.807) is 0 Å². The molecule has 0 spiro atoms. The summed E-state index contributed by atoms with van der Waals surface area (Å²) in [6, 6.07) is 0. The predicted octanol–water partition coefficient (Wildman–Crippen LogP) is 2.57. The lowest BCUT2D eigenvalue weighted by atomic mass is 9.87. The van der Waals surface area contributed by atoms with Crippen molar-refractivity contribution in [2.45, 2.75) is 31.8 Å². The van der Waals surface area contributed by atoms with Crippen molar-refractivity contribution in [3.05, 3.63) is 12.0 Å². The van der Waals surface area contributed by atoms with Crippen LogP contribution in [0, 0.1) is 17.8 Å². The molecule has 2 saturated carbocycles. The summed E-state index contributed by atoms with van der Waals surface area (Å²) in [6.07, 6.45) is 7.17.